The first-order valence-electron chi connectivity index (χ1n) is 6.51. The predicted octanol–water partition coefficient (Wildman–Crippen LogP) is 2.25. The Hall–Kier alpha value is -0.220. The van der Waals surface area contributed by atoms with Gasteiger partial charge in [-0.15, -0.1) is 0 Å². The molecule has 1 atom stereocenters. The Morgan fingerprint density at radius 2 is 1.88 bits per heavy atom. The molecule has 1 aliphatic carbocycles. The maximum atomic E-state index is 12.1. The van der Waals surface area contributed by atoms with Gasteiger partial charge in [-0.05, 0) is 32.2 Å². The lowest BCUT2D eigenvalue weighted by Crippen LogP contribution is -2.49. The third kappa shape index (κ3) is 3.39. The van der Waals surface area contributed by atoms with Gasteiger partial charge in [0, 0.05) is 18.6 Å². The van der Waals surface area contributed by atoms with Crippen molar-refractivity contribution in [3.8, 4) is 0 Å². The van der Waals surface area contributed by atoms with Crippen molar-refractivity contribution >= 4 is 0 Å². The lowest BCUT2D eigenvalue weighted by atomic mass is 10.0. The molecule has 2 aliphatic rings. The van der Waals surface area contributed by atoms with Crippen LogP contribution in [-0.2, 0) is 0 Å². The van der Waals surface area contributed by atoms with Crippen LogP contribution in [0.4, 0.5) is 8.78 Å². The number of halogens is 2. The molecular weight excluding hydrogens is 210 g/mol. The smallest absolute Gasteiger partial charge is 0.250 e. The van der Waals surface area contributed by atoms with Crippen LogP contribution >= 0.6 is 0 Å². The molecule has 0 aromatic rings. The average Bonchev–Trinajstić information content (AvgIpc) is 2.80. The van der Waals surface area contributed by atoms with Crippen LogP contribution in [0, 0.1) is 0 Å². The van der Waals surface area contributed by atoms with E-state index in [9.17, 15) is 8.78 Å². The molecule has 2 nitrogen and oxygen atoms in total. The first-order valence-corrected chi connectivity index (χ1v) is 6.51. The Bertz CT molecular complexity index is 205. The summed E-state index contributed by atoms with van der Waals surface area (Å²) < 4.78 is 24.2. The average molecular weight is 232 g/mol. The third-order valence-corrected chi connectivity index (χ3v) is 3.85. The molecule has 1 aliphatic heterocycles. The number of nitrogens with one attached hydrogen (secondary N) is 1. The Morgan fingerprint density at radius 1 is 1.12 bits per heavy atom. The van der Waals surface area contributed by atoms with E-state index in [1.807, 2.05) is 0 Å². The Morgan fingerprint density at radius 3 is 2.56 bits per heavy atom. The molecule has 2 rings (SSSR count). The SMILES string of the molecule is FC(F)CNC1CCCN(C2CCCC2)C1. The molecule has 2 fully saturated rings. The summed E-state index contributed by atoms with van der Waals surface area (Å²) in [6, 6.07) is 1.01. The van der Waals surface area contributed by atoms with Gasteiger partial charge in [-0.25, -0.2) is 8.78 Å². The molecule has 0 aromatic carbocycles. The minimum absolute atomic E-state index is 0.150. The minimum Gasteiger partial charge on any atom is -0.307 e. The molecule has 1 saturated heterocycles. The molecule has 1 heterocycles. The summed E-state index contributed by atoms with van der Waals surface area (Å²) in [6.45, 7) is 1.98. The van der Waals surface area contributed by atoms with Gasteiger partial charge in [0.15, 0.2) is 0 Å². The first kappa shape index (κ1) is 12.2. The number of nitrogens with zero attached hydrogens (tertiary/aromatic N) is 1. The summed E-state index contributed by atoms with van der Waals surface area (Å²) in [4.78, 5) is 2.51. The Balaban J connectivity index is 1.74. The van der Waals surface area contributed by atoms with Crippen molar-refractivity contribution in [2.75, 3.05) is 19.6 Å². The van der Waals surface area contributed by atoms with Crippen LogP contribution in [0.25, 0.3) is 0 Å². The quantitative estimate of drug-likeness (QED) is 0.799. The van der Waals surface area contributed by atoms with E-state index in [0.717, 1.165) is 32.0 Å². The van der Waals surface area contributed by atoms with Crippen molar-refractivity contribution in [1.82, 2.24) is 10.2 Å². The molecule has 16 heavy (non-hydrogen) atoms. The van der Waals surface area contributed by atoms with Crippen LogP contribution in [0.5, 0.6) is 0 Å². The lowest BCUT2D eigenvalue weighted by Gasteiger charge is -2.37. The van der Waals surface area contributed by atoms with E-state index in [-0.39, 0.29) is 12.6 Å². The van der Waals surface area contributed by atoms with E-state index in [2.05, 4.69) is 10.2 Å². The molecule has 1 N–H and O–H groups in total. The van der Waals surface area contributed by atoms with Crippen molar-refractivity contribution in [1.29, 1.82) is 0 Å². The number of hydrogen-bond donors (Lipinski definition) is 1. The van der Waals surface area contributed by atoms with Crippen LogP contribution in [0.1, 0.15) is 38.5 Å². The van der Waals surface area contributed by atoms with Gasteiger partial charge in [0.2, 0.25) is 0 Å². The van der Waals surface area contributed by atoms with Gasteiger partial charge < -0.3 is 5.32 Å². The molecule has 1 unspecified atom stereocenters. The zero-order valence-electron chi connectivity index (χ0n) is 9.80. The lowest BCUT2D eigenvalue weighted by molar-refractivity contribution is 0.110. The molecule has 0 amide bonds. The van der Waals surface area contributed by atoms with Gasteiger partial charge in [-0.3, -0.25) is 4.90 Å². The minimum atomic E-state index is -2.22. The standard InChI is InChI=1S/C12H22F2N2/c13-12(14)8-15-10-4-3-7-16(9-10)11-5-1-2-6-11/h10-12,15H,1-9H2. The van der Waals surface area contributed by atoms with Crippen LogP contribution in [0.3, 0.4) is 0 Å². The fourth-order valence-electron chi connectivity index (χ4n) is 3.03. The highest BCUT2D eigenvalue weighted by Gasteiger charge is 2.27. The second-order valence-electron chi connectivity index (χ2n) is 5.07. The molecule has 4 heteroatoms. The highest BCUT2D eigenvalue weighted by atomic mass is 19.3. The summed E-state index contributed by atoms with van der Waals surface area (Å²) >= 11 is 0. The number of alkyl halides is 2. The topological polar surface area (TPSA) is 15.3 Å². The van der Waals surface area contributed by atoms with E-state index in [4.69, 9.17) is 0 Å². The fourth-order valence-corrected chi connectivity index (χ4v) is 3.03. The fraction of sp³-hybridized carbons (Fsp3) is 1.00. The van der Waals surface area contributed by atoms with E-state index < -0.39 is 6.43 Å². The summed E-state index contributed by atoms with van der Waals surface area (Å²) in [7, 11) is 0. The summed E-state index contributed by atoms with van der Waals surface area (Å²) in [6.07, 6.45) is 5.28. The maximum absolute atomic E-state index is 12.1. The van der Waals surface area contributed by atoms with Crippen molar-refractivity contribution in [3.63, 3.8) is 0 Å². The summed E-state index contributed by atoms with van der Waals surface area (Å²) in [5, 5.41) is 2.98. The highest BCUT2D eigenvalue weighted by Crippen LogP contribution is 2.26. The molecule has 0 aromatic heterocycles. The predicted molar refractivity (Wildman–Crippen MR) is 60.9 cm³/mol. The molecule has 94 valence electrons. The van der Waals surface area contributed by atoms with Crippen LogP contribution < -0.4 is 5.32 Å². The Kier molecular flexibility index (Phi) is 4.53. The highest BCUT2D eigenvalue weighted by molar-refractivity contribution is 4.85. The van der Waals surface area contributed by atoms with Gasteiger partial charge in [-0.1, -0.05) is 12.8 Å². The number of piperidine rings is 1. The second-order valence-corrected chi connectivity index (χ2v) is 5.07. The normalized spacial score (nSPS) is 29.1. The molecular formula is C12H22F2N2. The molecule has 1 saturated carbocycles. The van der Waals surface area contributed by atoms with Gasteiger partial charge >= 0.3 is 0 Å². The van der Waals surface area contributed by atoms with E-state index in [0.29, 0.717) is 0 Å². The van der Waals surface area contributed by atoms with Crippen molar-refractivity contribution in [3.05, 3.63) is 0 Å². The van der Waals surface area contributed by atoms with Crippen LogP contribution in [0.15, 0.2) is 0 Å². The van der Waals surface area contributed by atoms with Gasteiger partial charge in [0.25, 0.3) is 6.43 Å². The van der Waals surface area contributed by atoms with E-state index >= 15 is 0 Å². The monoisotopic (exact) mass is 232 g/mol. The molecule has 0 spiro atoms. The van der Waals surface area contributed by atoms with Crippen molar-refractivity contribution in [2.45, 2.75) is 57.0 Å². The van der Waals surface area contributed by atoms with Gasteiger partial charge in [0.1, 0.15) is 0 Å². The maximum Gasteiger partial charge on any atom is 0.250 e. The van der Waals surface area contributed by atoms with E-state index in [1.165, 1.54) is 25.7 Å². The number of hydrogen-bond acceptors (Lipinski definition) is 2. The Labute approximate surface area is 96.4 Å². The van der Waals surface area contributed by atoms with E-state index in [1.54, 1.807) is 0 Å². The third-order valence-electron chi connectivity index (χ3n) is 3.85. The first-order chi connectivity index (χ1) is 7.75. The zero-order valence-corrected chi connectivity index (χ0v) is 9.80. The van der Waals surface area contributed by atoms with Crippen LogP contribution in [0.2, 0.25) is 0 Å². The number of likely N-dealkylation sites (tertiary alicyclic amines) is 1. The van der Waals surface area contributed by atoms with Crippen molar-refractivity contribution in [2.24, 2.45) is 0 Å². The van der Waals surface area contributed by atoms with Crippen molar-refractivity contribution < 1.29 is 8.78 Å². The number of rotatable bonds is 4. The van der Waals surface area contributed by atoms with Crippen LogP contribution in [-0.4, -0.2) is 43.0 Å². The zero-order chi connectivity index (χ0) is 11.4. The molecule has 0 radical (unpaired) electrons. The van der Waals surface area contributed by atoms with Gasteiger partial charge in [-0.2, -0.15) is 0 Å². The van der Waals surface area contributed by atoms with Gasteiger partial charge in [0.05, 0.1) is 6.54 Å². The second kappa shape index (κ2) is 5.92. The molecule has 0 bridgehead atoms. The summed E-state index contributed by atoms with van der Waals surface area (Å²) in [5.41, 5.74) is 0. The summed E-state index contributed by atoms with van der Waals surface area (Å²) in [5.74, 6) is 0. The largest absolute Gasteiger partial charge is 0.307 e.